The first-order valence-electron chi connectivity index (χ1n) is 7.77. The molecule has 0 aliphatic carbocycles. The van der Waals surface area contributed by atoms with E-state index in [0.29, 0.717) is 0 Å². The third-order valence-electron chi connectivity index (χ3n) is 4.17. The second kappa shape index (κ2) is 5.73. The molecule has 0 fully saturated rings. The fourth-order valence-electron chi connectivity index (χ4n) is 3.11. The van der Waals surface area contributed by atoms with Gasteiger partial charge in [0.25, 0.3) is 0 Å². The Hall–Kier alpha value is -2.15. The van der Waals surface area contributed by atoms with E-state index in [-0.39, 0.29) is 0 Å². The molecule has 0 unspecified atom stereocenters. The summed E-state index contributed by atoms with van der Waals surface area (Å²) in [5, 5.41) is 0. The molecule has 2 aromatic carbocycles. The minimum atomic E-state index is -2.59. The second-order valence-corrected chi connectivity index (χ2v) is 14.4. The van der Waals surface area contributed by atoms with Gasteiger partial charge in [-0.1, -0.05) is 0 Å². The van der Waals surface area contributed by atoms with Gasteiger partial charge in [-0.15, -0.1) is 0 Å². The van der Waals surface area contributed by atoms with Crippen LogP contribution in [0.5, 0.6) is 0 Å². The second-order valence-electron chi connectivity index (χ2n) is 6.02. The SMILES string of the molecule is Cc1ccccc1N1c2nccnc2N(c2ccccc2)[I-]1(C)C. The van der Waals surface area contributed by atoms with Crippen molar-refractivity contribution < 1.29 is 19.0 Å². The van der Waals surface area contributed by atoms with E-state index in [1.807, 2.05) is 0 Å². The summed E-state index contributed by atoms with van der Waals surface area (Å²) in [6.07, 6.45) is 3.57. The van der Waals surface area contributed by atoms with Gasteiger partial charge in [-0.25, -0.2) is 0 Å². The van der Waals surface area contributed by atoms with Crippen molar-refractivity contribution in [2.75, 3.05) is 16.1 Å². The van der Waals surface area contributed by atoms with Crippen molar-refractivity contribution in [3.8, 4) is 0 Å². The normalized spacial score (nSPS) is 16.8. The molecule has 0 amide bonds. The maximum absolute atomic E-state index is 4.70. The van der Waals surface area contributed by atoms with Crippen LogP contribution in [0.25, 0.3) is 0 Å². The summed E-state index contributed by atoms with van der Waals surface area (Å²) in [5.41, 5.74) is 3.69. The van der Waals surface area contributed by atoms with Crippen LogP contribution in [0.3, 0.4) is 0 Å². The first-order valence-corrected chi connectivity index (χ1v) is 14.0. The number of alkyl halides is 2. The number of hydrogen-bond acceptors (Lipinski definition) is 4. The Morgan fingerprint density at radius 3 is 2.00 bits per heavy atom. The molecule has 0 radical (unpaired) electrons. The van der Waals surface area contributed by atoms with Crippen LogP contribution in [0.4, 0.5) is 23.0 Å². The summed E-state index contributed by atoms with van der Waals surface area (Å²) >= 11 is -2.59. The van der Waals surface area contributed by atoms with Crippen molar-refractivity contribution in [1.29, 1.82) is 0 Å². The molecule has 4 nitrogen and oxygen atoms in total. The topological polar surface area (TPSA) is 32.3 Å². The third kappa shape index (κ3) is 2.26. The number of halogens is 1. The fraction of sp³-hybridized carbons (Fsp3) is 0.158. The van der Waals surface area contributed by atoms with E-state index in [1.54, 1.807) is 12.4 Å². The fourth-order valence-corrected chi connectivity index (χ4v) is 9.96. The Labute approximate surface area is 147 Å². The first kappa shape index (κ1) is 15.4. The van der Waals surface area contributed by atoms with Crippen LogP contribution in [0.15, 0.2) is 67.0 Å². The summed E-state index contributed by atoms with van der Waals surface area (Å²) in [4.78, 5) is 14.1. The monoisotopic (exact) mass is 431 g/mol. The third-order valence-corrected chi connectivity index (χ3v) is 10.9. The van der Waals surface area contributed by atoms with E-state index in [2.05, 4.69) is 82.6 Å². The number of anilines is 4. The van der Waals surface area contributed by atoms with Crippen LogP contribution in [-0.2, 0) is 0 Å². The molecule has 0 saturated carbocycles. The Kier molecular flexibility index (Phi) is 3.68. The summed E-state index contributed by atoms with van der Waals surface area (Å²) in [7, 11) is 0. The first-order chi connectivity index (χ1) is 11.6. The van der Waals surface area contributed by atoms with E-state index >= 15 is 0 Å². The van der Waals surface area contributed by atoms with Crippen molar-refractivity contribution >= 4 is 23.0 Å². The van der Waals surface area contributed by atoms with Crippen LogP contribution < -0.4 is 25.2 Å². The summed E-state index contributed by atoms with van der Waals surface area (Å²) < 4.78 is 4.89. The van der Waals surface area contributed by atoms with Gasteiger partial charge in [-0.05, 0) is 0 Å². The molecule has 124 valence electrons. The molecule has 0 spiro atoms. The van der Waals surface area contributed by atoms with Crippen molar-refractivity contribution in [3.63, 3.8) is 0 Å². The molecule has 2 heterocycles. The Morgan fingerprint density at radius 1 is 0.750 bits per heavy atom. The van der Waals surface area contributed by atoms with Crippen LogP contribution in [0.1, 0.15) is 5.56 Å². The number of para-hydroxylation sites is 2. The van der Waals surface area contributed by atoms with Gasteiger partial charge in [0, 0.05) is 0 Å². The summed E-state index contributed by atoms with van der Waals surface area (Å²) in [6, 6.07) is 19.1. The molecule has 4 rings (SSSR count). The average Bonchev–Trinajstić information content (AvgIpc) is 2.82. The molecule has 1 aliphatic heterocycles. The van der Waals surface area contributed by atoms with Gasteiger partial charge in [0.15, 0.2) is 0 Å². The van der Waals surface area contributed by atoms with Crippen molar-refractivity contribution in [1.82, 2.24) is 9.97 Å². The molecular formula is C19H20IN4-. The van der Waals surface area contributed by atoms with Gasteiger partial charge >= 0.3 is 148 Å². The average molecular weight is 431 g/mol. The number of hydrogen-bond donors (Lipinski definition) is 0. The molecule has 0 saturated heterocycles. The molecule has 0 atom stereocenters. The van der Waals surface area contributed by atoms with Crippen molar-refractivity contribution in [2.24, 2.45) is 0 Å². The van der Waals surface area contributed by atoms with Gasteiger partial charge in [-0.3, -0.25) is 0 Å². The summed E-state index contributed by atoms with van der Waals surface area (Å²) in [5.74, 6) is 1.94. The van der Waals surface area contributed by atoms with Crippen molar-refractivity contribution in [2.45, 2.75) is 6.92 Å². The van der Waals surface area contributed by atoms with Crippen LogP contribution >= 0.6 is 0 Å². The molecule has 1 aliphatic rings. The van der Waals surface area contributed by atoms with E-state index in [9.17, 15) is 0 Å². The molecular weight excluding hydrogens is 411 g/mol. The number of aryl methyl sites for hydroxylation is 1. The summed E-state index contributed by atoms with van der Waals surface area (Å²) in [6.45, 7) is 2.16. The van der Waals surface area contributed by atoms with E-state index < -0.39 is 19.0 Å². The zero-order chi connectivity index (χ0) is 16.7. The van der Waals surface area contributed by atoms with Crippen LogP contribution in [0, 0.1) is 6.92 Å². The molecule has 5 heteroatoms. The Bertz CT molecular complexity index is 879. The van der Waals surface area contributed by atoms with Gasteiger partial charge in [0.2, 0.25) is 0 Å². The number of nitrogens with zero attached hydrogens (tertiary/aromatic N) is 4. The zero-order valence-corrected chi connectivity index (χ0v) is 16.2. The maximum atomic E-state index is 4.70. The van der Waals surface area contributed by atoms with Crippen molar-refractivity contribution in [3.05, 3.63) is 72.6 Å². The van der Waals surface area contributed by atoms with Crippen LogP contribution in [0.2, 0.25) is 0 Å². The Balaban J connectivity index is 1.96. The zero-order valence-electron chi connectivity index (χ0n) is 14.0. The van der Waals surface area contributed by atoms with E-state index in [1.165, 1.54) is 16.9 Å². The standard InChI is InChI=1S/C19H20IN4/c1-15-9-7-8-12-17(15)24-19-18(21-13-14-22-19)23(20(24,2)3)16-10-5-4-6-11-16/h4-14H,1-3H3/q-1. The quantitative estimate of drug-likeness (QED) is 0.348. The predicted molar refractivity (Wildman–Crippen MR) is 95.8 cm³/mol. The van der Waals surface area contributed by atoms with Gasteiger partial charge in [-0.2, -0.15) is 0 Å². The number of benzene rings is 2. The molecule has 1 aromatic heterocycles. The molecule has 24 heavy (non-hydrogen) atoms. The Morgan fingerprint density at radius 2 is 1.33 bits per heavy atom. The van der Waals surface area contributed by atoms with Crippen LogP contribution in [-0.4, -0.2) is 19.8 Å². The van der Waals surface area contributed by atoms with Gasteiger partial charge < -0.3 is 0 Å². The molecule has 3 aromatic rings. The van der Waals surface area contributed by atoms with E-state index in [4.69, 9.17) is 4.98 Å². The number of rotatable bonds is 2. The van der Waals surface area contributed by atoms with E-state index in [0.717, 1.165) is 11.6 Å². The molecule has 0 N–H and O–H groups in total. The molecule has 0 bridgehead atoms. The van der Waals surface area contributed by atoms with Gasteiger partial charge in [0.1, 0.15) is 0 Å². The number of fused-ring (bicyclic) bond motifs is 1. The number of aromatic nitrogens is 2. The van der Waals surface area contributed by atoms with Gasteiger partial charge in [0.05, 0.1) is 0 Å². The minimum absolute atomic E-state index is 0.966. The predicted octanol–water partition coefficient (Wildman–Crippen LogP) is 1.32.